The Hall–Kier alpha value is -2.21. The van der Waals surface area contributed by atoms with Gasteiger partial charge in [-0.3, -0.25) is 9.36 Å². The second-order valence-corrected chi connectivity index (χ2v) is 8.28. The topological polar surface area (TPSA) is 58.4 Å². The summed E-state index contributed by atoms with van der Waals surface area (Å²) in [6, 6.07) is 17.7. The first kappa shape index (κ1) is 20.1. The van der Waals surface area contributed by atoms with Crippen molar-refractivity contribution in [2.45, 2.75) is 37.8 Å². The lowest BCUT2D eigenvalue weighted by Gasteiger charge is -2.38. The van der Waals surface area contributed by atoms with E-state index >= 15 is 0 Å². The van der Waals surface area contributed by atoms with Gasteiger partial charge in [-0.15, -0.1) is 0 Å². The monoisotopic (exact) mass is 411 g/mol. The maximum absolute atomic E-state index is 12.8. The Balaban J connectivity index is 1.36. The van der Waals surface area contributed by atoms with Crippen LogP contribution < -0.4 is 5.56 Å². The highest BCUT2D eigenvalue weighted by Gasteiger charge is 2.33. The number of aromatic nitrogens is 2. The van der Waals surface area contributed by atoms with Gasteiger partial charge in [-0.1, -0.05) is 42.5 Å². The van der Waals surface area contributed by atoms with Crippen molar-refractivity contribution < 1.29 is 5.11 Å². The van der Waals surface area contributed by atoms with E-state index in [0.29, 0.717) is 23.7 Å². The molecule has 5 nitrogen and oxygen atoms in total. The fraction of sp³-hybridized carbons (Fsp3) is 0.391. The van der Waals surface area contributed by atoms with Crippen molar-refractivity contribution >= 4 is 22.5 Å². The van der Waals surface area contributed by atoms with Gasteiger partial charge in [-0.2, -0.15) is 0 Å². The first-order valence-corrected chi connectivity index (χ1v) is 10.6. The average Bonchev–Trinajstić information content (AvgIpc) is 2.74. The summed E-state index contributed by atoms with van der Waals surface area (Å²) in [7, 11) is 0. The van der Waals surface area contributed by atoms with Crippen molar-refractivity contribution in [3.63, 3.8) is 0 Å². The number of piperidine rings is 1. The van der Waals surface area contributed by atoms with E-state index in [1.165, 1.54) is 10.1 Å². The summed E-state index contributed by atoms with van der Waals surface area (Å²) in [4.78, 5) is 19.5. The second kappa shape index (κ2) is 8.66. The van der Waals surface area contributed by atoms with Gasteiger partial charge < -0.3 is 10.0 Å². The SMILES string of the molecule is O=c1c2ccccc2nc(Cl)n1CC1(O)CCN(CCCc2ccccc2)CC1. The Morgan fingerprint density at radius 3 is 2.48 bits per heavy atom. The number of hydrogen-bond donors (Lipinski definition) is 1. The number of likely N-dealkylation sites (tertiary alicyclic amines) is 1. The summed E-state index contributed by atoms with van der Waals surface area (Å²) in [6.45, 7) is 2.83. The van der Waals surface area contributed by atoms with Crippen LogP contribution in [0.5, 0.6) is 0 Å². The fourth-order valence-corrected chi connectivity index (χ4v) is 4.30. The van der Waals surface area contributed by atoms with Crippen molar-refractivity contribution in [3.8, 4) is 0 Å². The van der Waals surface area contributed by atoms with E-state index in [1.54, 1.807) is 12.1 Å². The number of aryl methyl sites for hydroxylation is 1. The molecule has 1 aliphatic heterocycles. The first-order chi connectivity index (χ1) is 14.0. The number of aliphatic hydroxyl groups is 1. The Bertz CT molecular complexity index is 1030. The molecule has 0 amide bonds. The van der Waals surface area contributed by atoms with Crippen LogP contribution in [0.3, 0.4) is 0 Å². The molecular formula is C23H26ClN3O2. The lowest BCUT2D eigenvalue weighted by Crippen LogP contribution is -2.48. The highest BCUT2D eigenvalue weighted by atomic mass is 35.5. The minimum Gasteiger partial charge on any atom is -0.388 e. The third-order valence-corrected chi connectivity index (χ3v) is 6.13. The Labute approximate surface area is 175 Å². The van der Waals surface area contributed by atoms with Crippen molar-refractivity contribution in [2.75, 3.05) is 19.6 Å². The molecule has 0 radical (unpaired) electrons. The van der Waals surface area contributed by atoms with Crippen LogP contribution in [0.25, 0.3) is 10.9 Å². The highest BCUT2D eigenvalue weighted by molar-refractivity contribution is 6.28. The second-order valence-electron chi connectivity index (χ2n) is 7.94. The molecular weight excluding hydrogens is 386 g/mol. The predicted molar refractivity (Wildman–Crippen MR) is 116 cm³/mol. The minimum atomic E-state index is -0.937. The molecule has 2 aromatic carbocycles. The van der Waals surface area contributed by atoms with E-state index in [1.807, 2.05) is 18.2 Å². The summed E-state index contributed by atoms with van der Waals surface area (Å²) in [5.41, 5.74) is 0.810. The molecule has 29 heavy (non-hydrogen) atoms. The molecule has 0 unspecified atom stereocenters. The zero-order valence-corrected chi connectivity index (χ0v) is 17.2. The van der Waals surface area contributed by atoms with Gasteiger partial charge in [-0.25, -0.2) is 4.98 Å². The maximum Gasteiger partial charge on any atom is 0.262 e. The predicted octanol–water partition coefficient (Wildman–Crippen LogP) is 3.51. The lowest BCUT2D eigenvalue weighted by molar-refractivity contribution is -0.0348. The van der Waals surface area contributed by atoms with Crippen LogP contribution in [-0.2, 0) is 13.0 Å². The van der Waals surface area contributed by atoms with Gasteiger partial charge in [0.2, 0.25) is 5.28 Å². The average molecular weight is 412 g/mol. The molecule has 0 saturated carbocycles. The largest absolute Gasteiger partial charge is 0.388 e. The van der Waals surface area contributed by atoms with Crippen molar-refractivity contribution in [1.82, 2.24) is 14.5 Å². The molecule has 0 bridgehead atoms. The summed E-state index contributed by atoms with van der Waals surface area (Å²) in [5.74, 6) is 0. The van der Waals surface area contributed by atoms with Crippen LogP contribution in [0.1, 0.15) is 24.8 Å². The number of fused-ring (bicyclic) bond motifs is 1. The molecule has 1 aromatic heterocycles. The standard InChI is InChI=1S/C23H26ClN3O2/c24-22-25-20-11-5-4-10-19(20)21(28)27(22)17-23(29)12-15-26(16-13-23)14-6-9-18-7-2-1-3-8-18/h1-5,7-8,10-11,29H,6,9,12-17H2. The molecule has 0 atom stereocenters. The third kappa shape index (κ3) is 4.69. The molecule has 0 spiro atoms. The van der Waals surface area contributed by atoms with Gasteiger partial charge in [0.25, 0.3) is 5.56 Å². The van der Waals surface area contributed by atoms with Gasteiger partial charge in [0.1, 0.15) is 0 Å². The number of benzene rings is 2. The fourth-order valence-electron chi connectivity index (χ4n) is 4.07. The van der Waals surface area contributed by atoms with Gasteiger partial charge >= 0.3 is 0 Å². The highest BCUT2D eigenvalue weighted by Crippen LogP contribution is 2.25. The smallest absolute Gasteiger partial charge is 0.262 e. The van der Waals surface area contributed by atoms with Crippen LogP contribution in [0.15, 0.2) is 59.4 Å². The van der Waals surface area contributed by atoms with E-state index in [4.69, 9.17) is 11.6 Å². The van der Waals surface area contributed by atoms with E-state index in [-0.39, 0.29) is 17.4 Å². The summed E-state index contributed by atoms with van der Waals surface area (Å²) < 4.78 is 1.41. The summed E-state index contributed by atoms with van der Waals surface area (Å²) >= 11 is 6.28. The molecule has 152 valence electrons. The number of halogens is 1. The molecule has 0 aliphatic carbocycles. The normalized spacial score (nSPS) is 16.9. The zero-order chi connectivity index (χ0) is 20.3. The first-order valence-electron chi connectivity index (χ1n) is 10.2. The third-order valence-electron chi connectivity index (χ3n) is 5.84. The van der Waals surface area contributed by atoms with Gasteiger partial charge in [0.05, 0.1) is 23.0 Å². The van der Waals surface area contributed by atoms with Crippen molar-refractivity contribution in [1.29, 1.82) is 0 Å². The molecule has 2 heterocycles. The van der Waals surface area contributed by atoms with Gasteiger partial charge in [0, 0.05) is 13.1 Å². The van der Waals surface area contributed by atoms with Crippen LogP contribution in [-0.4, -0.2) is 44.8 Å². The summed E-state index contributed by atoms with van der Waals surface area (Å²) in [6.07, 6.45) is 3.40. The minimum absolute atomic E-state index is 0.132. The van der Waals surface area contributed by atoms with Crippen molar-refractivity contribution in [2.24, 2.45) is 0 Å². The number of nitrogens with zero attached hydrogens (tertiary/aromatic N) is 3. The maximum atomic E-state index is 12.8. The molecule has 3 aromatic rings. The van der Waals surface area contributed by atoms with Crippen LogP contribution in [0, 0.1) is 0 Å². The Morgan fingerprint density at radius 2 is 1.72 bits per heavy atom. The lowest BCUT2D eigenvalue weighted by atomic mass is 9.91. The molecule has 4 rings (SSSR count). The number of para-hydroxylation sites is 1. The number of rotatable bonds is 6. The molecule has 1 N–H and O–H groups in total. The van der Waals surface area contributed by atoms with E-state index in [2.05, 4.69) is 34.1 Å². The number of hydrogen-bond acceptors (Lipinski definition) is 4. The van der Waals surface area contributed by atoms with Gasteiger partial charge in [0.15, 0.2) is 0 Å². The van der Waals surface area contributed by atoms with E-state index in [9.17, 15) is 9.90 Å². The molecule has 1 aliphatic rings. The van der Waals surface area contributed by atoms with Crippen molar-refractivity contribution in [3.05, 3.63) is 75.8 Å². The molecule has 1 saturated heterocycles. The van der Waals surface area contributed by atoms with E-state index < -0.39 is 5.60 Å². The van der Waals surface area contributed by atoms with Crippen LogP contribution in [0.2, 0.25) is 5.28 Å². The Kier molecular flexibility index (Phi) is 5.99. The molecule has 6 heteroatoms. The quantitative estimate of drug-likeness (QED) is 0.630. The zero-order valence-electron chi connectivity index (χ0n) is 16.4. The van der Waals surface area contributed by atoms with E-state index in [0.717, 1.165) is 32.5 Å². The Morgan fingerprint density at radius 1 is 1.03 bits per heavy atom. The van der Waals surface area contributed by atoms with Gasteiger partial charge in [-0.05, 0) is 61.5 Å². The molecule has 1 fully saturated rings. The summed E-state index contributed by atoms with van der Waals surface area (Å²) in [5, 5.41) is 11.8. The van der Waals surface area contributed by atoms with Crippen LogP contribution in [0.4, 0.5) is 0 Å². The van der Waals surface area contributed by atoms with Crippen LogP contribution >= 0.6 is 11.6 Å².